The number of ether oxygens (including phenoxy) is 1. The quantitative estimate of drug-likeness (QED) is 0.0711. The van der Waals surface area contributed by atoms with Gasteiger partial charge in [0, 0.05) is 74.0 Å². The Morgan fingerprint density at radius 1 is 0.360 bits per heavy atom. The van der Waals surface area contributed by atoms with Crippen LogP contribution in [0.2, 0.25) is 0 Å². The molecule has 9 nitrogen and oxygen atoms in total. The van der Waals surface area contributed by atoms with Crippen LogP contribution in [0.5, 0.6) is 5.75 Å². The molecule has 15 aromatic rings. The lowest BCUT2D eigenvalue weighted by Gasteiger charge is -2.37. The summed E-state index contributed by atoms with van der Waals surface area (Å²) in [6.07, 6.45) is 12.6. The van der Waals surface area contributed by atoms with Gasteiger partial charge in [-0.3, -0.25) is 0 Å². The molecule has 4 aliphatic heterocycles. The van der Waals surface area contributed by atoms with Crippen LogP contribution < -0.4 is 15.3 Å². The van der Waals surface area contributed by atoms with Crippen molar-refractivity contribution in [1.29, 1.82) is 0 Å². The number of anilines is 1. The summed E-state index contributed by atoms with van der Waals surface area (Å²) in [4.78, 5) is 50.9. The third kappa shape index (κ3) is 12.4. The molecule has 0 spiro atoms. The second-order valence-corrected chi connectivity index (χ2v) is 31.5. The van der Waals surface area contributed by atoms with E-state index in [9.17, 15) is 9.59 Å². The van der Waals surface area contributed by atoms with Gasteiger partial charge >= 0.3 is 11.6 Å². The zero-order valence-electron chi connectivity index (χ0n) is 65.6. The molecule has 0 fully saturated rings. The first-order valence-electron chi connectivity index (χ1n) is 39.7. The first-order chi connectivity index (χ1) is 55.5. The largest absolute Gasteiger partial charge is 0.423 e. The minimum absolute atomic E-state index is 0.144. The number of aromatic nitrogens is 4. The second kappa shape index (κ2) is 28.7. The monoisotopic (exact) mass is 1480 g/mol. The van der Waals surface area contributed by atoms with E-state index in [1.165, 1.54) is 39.1 Å². The summed E-state index contributed by atoms with van der Waals surface area (Å²) in [5.74, 6) is -0.491. The van der Waals surface area contributed by atoms with Crippen LogP contribution in [-0.2, 0) is 12.8 Å². The van der Waals surface area contributed by atoms with Crippen molar-refractivity contribution in [3.8, 4) is 117 Å². The van der Waals surface area contributed by atoms with E-state index in [1.54, 1.807) is 6.07 Å². The first-order valence-corrected chi connectivity index (χ1v) is 39.7. The lowest BCUT2D eigenvalue weighted by molar-refractivity contribution is 0.0730. The molecule has 554 valence electrons. The predicted octanol–water partition coefficient (Wildman–Crippen LogP) is 26.1. The fraction of sp³-hybridized carbons (Fsp3) is 0.143. The van der Waals surface area contributed by atoms with Crippen LogP contribution in [0.15, 0.2) is 252 Å². The number of esters is 1. The Morgan fingerprint density at radius 3 is 1.06 bits per heavy atom. The maximum Gasteiger partial charge on any atom is 0.351 e. The number of H-pyrrole nitrogens is 2. The lowest BCUT2D eigenvalue weighted by Crippen LogP contribution is -2.34. The number of hydrogen-bond donors (Lipinski definition) is 2. The number of nitrogens with zero attached hydrogens (tertiary/aromatic N) is 3. The topological polar surface area (TPSA) is 117 Å². The van der Waals surface area contributed by atoms with Crippen LogP contribution in [-0.4, -0.2) is 39.0 Å². The van der Waals surface area contributed by atoms with Crippen LogP contribution in [0.25, 0.3) is 169 Å². The summed E-state index contributed by atoms with van der Waals surface area (Å²) in [7, 11) is 0. The molecule has 0 aliphatic carbocycles. The molecule has 19 rings (SSSR count). The van der Waals surface area contributed by atoms with Gasteiger partial charge in [0.2, 0.25) is 0 Å². The highest BCUT2D eigenvalue weighted by Crippen LogP contribution is 2.57. The van der Waals surface area contributed by atoms with Crippen molar-refractivity contribution >= 4 is 69.0 Å². The number of carbonyl (C=O) groups excluding carboxylic acids is 1. The Balaban J connectivity index is 0.862. The molecule has 2 N–H and O–H groups in total. The highest BCUT2D eigenvalue weighted by Gasteiger charge is 2.33. The molecule has 8 heterocycles. The summed E-state index contributed by atoms with van der Waals surface area (Å²) >= 11 is 0. The number of aromatic amines is 2. The van der Waals surface area contributed by atoms with Gasteiger partial charge in [-0.25, -0.2) is 19.6 Å². The molecule has 0 amide bonds. The Hall–Kier alpha value is -13.5. The minimum Gasteiger partial charge on any atom is -0.423 e. The Kier molecular flexibility index (Phi) is 17.8. The van der Waals surface area contributed by atoms with E-state index in [0.717, 1.165) is 228 Å². The molecule has 8 bridgehead atoms. The number of benzene rings is 11. The molecule has 0 saturated heterocycles. The zero-order valence-corrected chi connectivity index (χ0v) is 65.6. The molecule has 0 unspecified atom stereocenters. The average molecular weight is 1480 g/mol. The smallest absolute Gasteiger partial charge is 0.351 e. The number of fused-ring (bicyclic) bond motifs is 10. The van der Waals surface area contributed by atoms with Gasteiger partial charge < -0.3 is 24.0 Å². The summed E-state index contributed by atoms with van der Waals surface area (Å²) < 4.78 is 12.4. The number of rotatable bonds is 12. The third-order valence-corrected chi connectivity index (χ3v) is 23.5. The Morgan fingerprint density at radius 2 is 0.684 bits per heavy atom. The maximum atomic E-state index is 14.6. The predicted molar refractivity (Wildman–Crippen MR) is 472 cm³/mol. The van der Waals surface area contributed by atoms with E-state index in [-0.39, 0.29) is 11.3 Å². The fourth-order valence-electron chi connectivity index (χ4n) is 19.2. The molecule has 0 radical (unpaired) electrons. The van der Waals surface area contributed by atoms with Crippen molar-refractivity contribution in [3.63, 3.8) is 0 Å². The summed E-state index contributed by atoms with van der Waals surface area (Å²) in [6.45, 7) is 21.8. The van der Waals surface area contributed by atoms with Gasteiger partial charge in [-0.1, -0.05) is 211 Å². The van der Waals surface area contributed by atoms with Crippen molar-refractivity contribution in [2.24, 2.45) is 0 Å². The summed E-state index contributed by atoms with van der Waals surface area (Å²) in [6, 6.07) is 86.3. The van der Waals surface area contributed by atoms with Gasteiger partial charge in [-0.2, -0.15) is 0 Å². The molecule has 4 aliphatic rings. The first kappa shape index (κ1) is 70.9. The molecule has 4 aromatic heterocycles. The second-order valence-electron chi connectivity index (χ2n) is 31.5. The molecule has 0 atom stereocenters. The highest BCUT2D eigenvalue weighted by atomic mass is 16.5. The third-order valence-electron chi connectivity index (χ3n) is 23.5. The van der Waals surface area contributed by atoms with Crippen LogP contribution in [0.1, 0.15) is 107 Å². The van der Waals surface area contributed by atoms with Gasteiger partial charge in [0.1, 0.15) is 16.9 Å². The standard InChI is InChI=1S/C105H85N5O4/c1-60-52-63(4)89(64(5)53-60)99-83-44-42-81(106-83)92(82-43-45-84(107-82)100(90-65(6)54-61(2)55-66(90)7)86-47-49-88(109-86)101(87-48-46-85(99)108-87)91-67(8)56-62(3)57-68(91)9)73-34-36-74(37-35-73)97-95(71-28-18-12-19-29-71)93(69-24-14-10-15-25-69)94(70-26-16-11-17-27-70)96(72-30-20-13-21-31-72)98(97)75-38-40-78(41-39-75)113-104(111)80-59-77-58-76-32-22-50-110-51-23-33-79(102(76)110)103(77)114-105(80)112/h10-21,24-31,34-49,52-59,106,109H,22-23,32-33,50-51H2,1-9H3. The Labute approximate surface area is 664 Å². The van der Waals surface area contributed by atoms with Gasteiger partial charge in [0.25, 0.3) is 0 Å². The highest BCUT2D eigenvalue weighted by molar-refractivity contribution is 6.16. The molecular formula is C105H85N5O4. The van der Waals surface area contributed by atoms with Crippen LogP contribution >= 0.6 is 0 Å². The van der Waals surface area contributed by atoms with Crippen molar-refractivity contribution in [3.05, 3.63) is 343 Å². The number of carbonyl (C=O) groups is 1. The van der Waals surface area contributed by atoms with E-state index in [0.29, 0.717) is 5.58 Å². The molecule has 9 heteroatoms. The fourth-order valence-corrected chi connectivity index (χ4v) is 19.2. The molecule has 114 heavy (non-hydrogen) atoms. The number of nitrogens with one attached hydrogen (secondary N) is 2. The lowest BCUT2D eigenvalue weighted by atomic mass is 9.74. The van der Waals surface area contributed by atoms with Crippen molar-refractivity contribution in [1.82, 2.24) is 19.9 Å². The van der Waals surface area contributed by atoms with E-state index in [1.807, 2.05) is 24.3 Å². The van der Waals surface area contributed by atoms with E-state index < -0.39 is 11.6 Å². The average Bonchev–Trinajstić information content (AvgIpc) is 0.865. The SMILES string of the molecule is Cc1cc(C)c(-c2c3nc(c(-c4c(C)cc(C)cc4C)c4ccc([nH]4)c(-c4c(C)cc(C)cc4C)c4nc(c(-c5ccc(-c6c(-c7ccccc7)c(-c7ccccc7)c(-c7ccccc7)c(-c7ccccc7)c6-c6ccc(OC(=O)c7cc8cc9c%10c(c8oc7=O)CCCN%10CCC9)cc6)cc5)c5ccc2[nH]5)C=C4)C=C3)c(C)c1. The van der Waals surface area contributed by atoms with Gasteiger partial charge in [0.15, 0.2) is 0 Å². The molecule has 11 aromatic carbocycles. The number of aryl methyl sites for hydroxylation is 11. The van der Waals surface area contributed by atoms with Crippen LogP contribution in [0, 0.1) is 62.3 Å². The van der Waals surface area contributed by atoms with Crippen LogP contribution in [0.3, 0.4) is 0 Å². The maximum absolute atomic E-state index is 14.6. The normalized spacial score (nSPS) is 12.9. The number of hydrogen-bond acceptors (Lipinski definition) is 7. The summed E-state index contributed by atoms with van der Waals surface area (Å²) in [5, 5.41) is 0.738. The minimum atomic E-state index is -0.777. The van der Waals surface area contributed by atoms with Crippen molar-refractivity contribution < 1.29 is 13.9 Å². The van der Waals surface area contributed by atoms with Gasteiger partial charge in [-0.05, 0) is 289 Å². The molecule has 0 saturated carbocycles. The van der Waals surface area contributed by atoms with E-state index in [2.05, 4.69) is 314 Å². The van der Waals surface area contributed by atoms with Gasteiger partial charge in [-0.15, -0.1) is 0 Å². The van der Waals surface area contributed by atoms with E-state index >= 15 is 0 Å². The summed E-state index contributed by atoms with van der Waals surface area (Å²) in [5.41, 5.74) is 41.4. The van der Waals surface area contributed by atoms with Crippen molar-refractivity contribution in [2.75, 3.05) is 18.0 Å². The van der Waals surface area contributed by atoms with Crippen molar-refractivity contribution in [2.45, 2.75) is 88.0 Å². The zero-order chi connectivity index (χ0) is 77.7. The van der Waals surface area contributed by atoms with Gasteiger partial charge in [0.05, 0.1) is 22.8 Å². The molecular weight excluding hydrogens is 1400 g/mol. The van der Waals surface area contributed by atoms with E-state index in [4.69, 9.17) is 19.1 Å². The Bertz CT molecular complexity index is 6670. The van der Waals surface area contributed by atoms with Crippen LogP contribution in [0.4, 0.5) is 5.69 Å².